The van der Waals surface area contributed by atoms with Gasteiger partial charge < -0.3 is 0 Å². The lowest BCUT2D eigenvalue weighted by molar-refractivity contribution is 1.26. The van der Waals surface area contributed by atoms with Crippen LogP contribution in [0.15, 0.2) is 84.9 Å². The maximum Gasteiger partial charge on any atom is 0.0721 e. The highest BCUT2D eigenvalue weighted by Gasteiger charge is 2.12. The summed E-state index contributed by atoms with van der Waals surface area (Å²) in [7, 11) is 0. The van der Waals surface area contributed by atoms with Crippen LogP contribution in [0, 0.1) is 20.8 Å². The van der Waals surface area contributed by atoms with Crippen molar-refractivity contribution in [2.24, 2.45) is 0 Å². The Kier molecular flexibility index (Phi) is 4.60. The summed E-state index contributed by atoms with van der Waals surface area (Å²) in [5.74, 6) is 0. The van der Waals surface area contributed by atoms with E-state index in [2.05, 4.69) is 99.6 Å². The molecule has 0 saturated carbocycles. The van der Waals surface area contributed by atoms with Crippen LogP contribution >= 0.6 is 0 Å². The Labute approximate surface area is 161 Å². The van der Waals surface area contributed by atoms with E-state index in [9.17, 15) is 0 Å². The first-order valence-corrected chi connectivity index (χ1v) is 9.33. The molecule has 0 fully saturated rings. The van der Waals surface area contributed by atoms with E-state index in [0.717, 1.165) is 17.0 Å². The predicted molar refractivity (Wildman–Crippen MR) is 115 cm³/mol. The molecule has 4 rings (SSSR count). The van der Waals surface area contributed by atoms with E-state index in [1.54, 1.807) is 0 Å². The van der Waals surface area contributed by atoms with E-state index in [4.69, 9.17) is 4.98 Å². The molecule has 1 aromatic heterocycles. The summed E-state index contributed by atoms with van der Waals surface area (Å²) < 4.78 is 0. The second-order valence-corrected chi connectivity index (χ2v) is 7.13. The smallest absolute Gasteiger partial charge is 0.0721 e. The van der Waals surface area contributed by atoms with E-state index in [-0.39, 0.29) is 0 Å². The first kappa shape index (κ1) is 17.2. The topological polar surface area (TPSA) is 12.9 Å². The quantitative estimate of drug-likeness (QED) is 0.388. The maximum absolute atomic E-state index is 5.05. The average molecular weight is 349 g/mol. The third-order valence-corrected chi connectivity index (χ3v) is 4.94. The van der Waals surface area contributed by atoms with Gasteiger partial charge in [-0.2, -0.15) is 0 Å². The fourth-order valence-electron chi connectivity index (χ4n) is 3.80. The molecule has 0 radical (unpaired) electrons. The molecule has 0 aliphatic carbocycles. The van der Waals surface area contributed by atoms with E-state index in [0.29, 0.717) is 0 Å². The summed E-state index contributed by atoms with van der Waals surface area (Å²) >= 11 is 0. The molecule has 0 bridgehead atoms. The molecule has 0 saturated heterocycles. The van der Waals surface area contributed by atoms with E-state index in [1.807, 2.05) is 6.07 Å². The number of benzene rings is 3. The number of hydrogen-bond donors (Lipinski definition) is 0. The van der Waals surface area contributed by atoms with Crippen LogP contribution < -0.4 is 0 Å². The standard InChI is InChI=1S/C26H23N/c1-18-14-19(2)26(20(3)15-18)25-17-23(21-10-6-4-7-11-21)16-24(27-25)22-12-8-5-9-13-22/h4-17H,1-3H3. The molecule has 1 heteroatoms. The summed E-state index contributed by atoms with van der Waals surface area (Å²) in [6.07, 6.45) is 0. The highest BCUT2D eigenvalue weighted by atomic mass is 14.7. The molecule has 4 aromatic rings. The van der Waals surface area contributed by atoms with Crippen molar-refractivity contribution in [3.05, 3.63) is 102 Å². The predicted octanol–water partition coefficient (Wildman–Crippen LogP) is 7.01. The number of hydrogen-bond acceptors (Lipinski definition) is 1. The van der Waals surface area contributed by atoms with Crippen molar-refractivity contribution in [3.8, 4) is 33.6 Å². The first-order valence-electron chi connectivity index (χ1n) is 9.33. The van der Waals surface area contributed by atoms with Gasteiger partial charge in [0.15, 0.2) is 0 Å². The first-order chi connectivity index (χ1) is 13.1. The van der Waals surface area contributed by atoms with Crippen LogP contribution in [0.5, 0.6) is 0 Å². The van der Waals surface area contributed by atoms with Gasteiger partial charge in [-0.1, -0.05) is 78.4 Å². The van der Waals surface area contributed by atoms with Gasteiger partial charge in [-0.3, -0.25) is 0 Å². The summed E-state index contributed by atoms with van der Waals surface area (Å²) in [6.45, 7) is 6.50. The molecule has 0 N–H and O–H groups in total. The number of aryl methyl sites for hydroxylation is 3. The summed E-state index contributed by atoms with van der Waals surface area (Å²) in [4.78, 5) is 5.05. The molecule has 0 aliphatic heterocycles. The van der Waals surface area contributed by atoms with Gasteiger partial charge in [-0.15, -0.1) is 0 Å². The second-order valence-electron chi connectivity index (χ2n) is 7.13. The summed E-state index contributed by atoms with van der Waals surface area (Å²) in [5, 5.41) is 0. The van der Waals surface area contributed by atoms with Gasteiger partial charge in [0.2, 0.25) is 0 Å². The Morgan fingerprint density at radius 2 is 1.04 bits per heavy atom. The van der Waals surface area contributed by atoms with Gasteiger partial charge in [0, 0.05) is 11.1 Å². The van der Waals surface area contributed by atoms with Crippen LogP contribution in [0.25, 0.3) is 33.6 Å². The van der Waals surface area contributed by atoms with Crippen LogP contribution in [0.1, 0.15) is 16.7 Å². The normalized spacial score (nSPS) is 10.8. The van der Waals surface area contributed by atoms with Crippen molar-refractivity contribution >= 4 is 0 Å². The van der Waals surface area contributed by atoms with Crippen molar-refractivity contribution in [1.29, 1.82) is 0 Å². The molecular formula is C26H23N. The van der Waals surface area contributed by atoms with Crippen molar-refractivity contribution in [2.75, 3.05) is 0 Å². The Morgan fingerprint density at radius 1 is 0.519 bits per heavy atom. The Bertz CT molecular complexity index is 999. The molecule has 1 heterocycles. The highest BCUT2D eigenvalue weighted by molar-refractivity contribution is 5.78. The zero-order valence-electron chi connectivity index (χ0n) is 16.0. The van der Waals surface area contributed by atoms with Crippen molar-refractivity contribution in [1.82, 2.24) is 4.98 Å². The molecule has 0 amide bonds. The zero-order chi connectivity index (χ0) is 18.8. The van der Waals surface area contributed by atoms with Gasteiger partial charge in [0.25, 0.3) is 0 Å². The average Bonchev–Trinajstić information content (AvgIpc) is 2.68. The van der Waals surface area contributed by atoms with Gasteiger partial charge in [-0.25, -0.2) is 4.98 Å². The zero-order valence-corrected chi connectivity index (χ0v) is 16.0. The number of nitrogens with zero attached hydrogens (tertiary/aromatic N) is 1. The molecule has 132 valence electrons. The van der Waals surface area contributed by atoms with Gasteiger partial charge in [0.05, 0.1) is 11.4 Å². The van der Waals surface area contributed by atoms with Gasteiger partial charge >= 0.3 is 0 Å². The molecular weight excluding hydrogens is 326 g/mol. The minimum Gasteiger partial charge on any atom is -0.248 e. The van der Waals surface area contributed by atoms with Crippen molar-refractivity contribution < 1.29 is 0 Å². The second kappa shape index (κ2) is 7.20. The van der Waals surface area contributed by atoms with Crippen molar-refractivity contribution in [2.45, 2.75) is 20.8 Å². The van der Waals surface area contributed by atoms with Crippen LogP contribution in [0.2, 0.25) is 0 Å². The summed E-state index contributed by atoms with van der Waals surface area (Å²) in [5.41, 5.74) is 10.6. The molecule has 0 unspecified atom stereocenters. The minimum atomic E-state index is 1.01. The third kappa shape index (κ3) is 3.54. The van der Waals surface area contributed by atoms with Crippen LogP contribution in [-0.4, -0.2) is 4.98 Å². The molecule has 1 nitrogen and oxygen atoms in total. The fourth-order valence-corrected chi connectivity index (χ4v) is 3.80. The SMILES string of the molecule is Cc1cc(C)c(-c2cc(-c3ccccc3)cc(-c3ccccc3)n2)c(C)c1. The monoisotopic (exact) mass is 349 g/mol. The van der Waals surface area contributed by atoms with E-state index in [1.165, 1.54) is 33.4 Å². The molecule has 0 atom stereocenters. The van der Waals surface area contributed by atoms with Crippen molar-refractivity contribution in [3.63, 3.8) is 0 Å². The lowest BCUT2D eigenvalue weighted by Gasteiger charge is -2.14. The molecule has 0 spiro atoms. The largest absolute Gasteiger partial charge is 0.248 e. The third-order valence-electron chi connectivity index (χ3n) is 4.94. The molecule has 3 aromatic carbocycles. The minimum absolute atomic E-state index is 1.01. The van der Waals surface area contributed by atoms with Crippen LogP contribution in [0.3, 0.4) is 0 Å². The lowest BCUT2D eigenvalue weighted by atomic mass is 9.94. The Morgan fingerprint density at radius 3 is 1.63 bits per heavy atom. The summed E-state index contributed by atoms with van der Waals surface area (Å²) in [6, 6.07) is 29.8. The van der Waals surface area contributed by atoms with Gasteiger partial charge in [-0.05, 0) is 55.2 Å². The fraction of sp³-hybridized carbons (Fsp3) is 0.115. The molecule has 0 aliphatic rings. The van der Waals surface area contributed by atoms with Crippen LogP contribution in [0.4, 0.5) is 0 Å². The molecule has 27 heavy (non-hydrogen) atoms. The van der Waals surface area contributed by atoms with E-state index >= 15 is 0 Å². The van der Waals surface area contributed by atoms with Gasteiger partial charge in [0.1, 0.15) is 0 Å². The maximum atomic E-state index is 5.05. The lowest BCUT2D eigenvalue weighted by Crippen LogP contribution is -1.95. The number of aromatic nitrogens is 1. The Hall–Kier alpha value is -3.19. The van der Waals surface area contributed by atoms with E-state index < -0.39 is 0 Å². The number of rotatable bonds is 3. The Balaban J connectivity index is 1.97. The van der Waals surface area contributed by atoms with Crippen LogP contribution in [-0.2, 0) is 0 Å². The number of pyridine rings is 1. The highest BCUT2D eigenvalue weighted by Crippen LogP contribution is 2.33.